The summed E-state index contributed by atoms with van der Waals surface area (Å²) in [7, 11) is -3.86. The zero-order valence-corrected chi connectivity index (χ0v) is 19.7. The topological polar surface area (TPSA) is 127 Å². The summed E-state index contributed by atoms with van der Waals surface area (Å²) >= 11 is 0. The van der Waals surface area contributed by atoms with Gasteiger partial charge in [-0.15, -0.1) is 0 Å². The molecule has 1 aliphatic rings. The summed E-state index contributed by atoms with van der Waals surface area (Å²) in [5, 5.41) is 11.6. The number of ether oxygens (including phenoxy) is 3. The van der Waals surface area contributed by atoms with Gasteiger partial charge in [0.05, 0.1) is 29.7 Å². The third-order valence-electron chi connectivity index (χ3n) is 5.10. The predicted octanol–water partition coefficient (Wildman–Crippen LogP) is 3.93. The minimum absolute atomic E-state index is 0.0490. The highest BCUT2D eigenvalue weighted by Gasteiger charge is 2.19. The Bertz CT molecular complexity index is 1350. The quantitative estimate of drug-likeness (QED) is 0.511. The van der Waals surface area contributed by atoms with E-state index in [9.17, 15) is 13.2 Å². The lowest BCUT2D eigenvalue weighted by Crippen LogP contribution is -2.30. The Morgan fingerprint density at radius 3 is 2.31 bits per heavy atom. The van der Waals surface area contributed by atoms with Crippen LogP contribution in [-0.2, 0) is 14.8 Å². The molecular weight excluding hydrogens is 470 g/mol. The number of carbonyl (C=O) groups is 1. The van der Waals surface area contributed by atoms with Crippen molar-refractivity contribution in [3.8, 4) is 23.3 Å². The summed E-state index contributed by atoms with van der Waals surface area (Å²) < 4.78 is 44.9. The molecule has 1 unspecified atom stereocenters. The molecule has 0 saturated heterocycles. The lowest BCUT2D eigenvalue weighted by molar-refractivity contribution is -0.122. The standard InChI is InChI=1S/C25H23N3O6S/c1-17(34-21-9-3-18(16-26)4-10-21)25(29)27-19-5-7-20(8-6-19)28-35(30,31)22-11-12-23-24(15-22)33-14-2-13-32-23/h3-12,15,17,28H,2,13-14H2,1H3,(H,27,29). The number of rotatable bonds is 7. The number of hydrogen-bond acceptors (Lipinski definition) is 7. The zero-order chi connectivity index (χ0) is 24.8. The number of fused-ring (bicyclic) bond motifs is 1. The SMILES string of the molecule is CC(Oc1ccc(C#N)cc1)C(=O)Nc1ccc(NS(=O)(=O)c2ccc3c(c2)OCCCO3)cc1. The zero-order valence-electron chi connectivity index (χ0n) is 18.9. The van der Waals surface area contributed by atoms with E-state index < -0.39 is 16.1 Å². The number of nitrogens with zero attached hydrogens (tertiary/aromatic N) is 1. The van der Waals surface area contributed by atoms with Crippen molar-refractivity contribution in [2.75, 3.05) is 23.3 Å². The maximum Gasteiger partial charge on any atom is 0.265 e. The van der Waals surface area contributed by atoms with E-state index in [-0.39, 0.29) is 10.8 Å². The summed E-state index contributed by atoms with van der Waals surface area (Å²) in [5.74, 6) is 0.987. The summed E-state index contributed by atoms with van der Waals surface area (Å²) in [4.78, 5) is 12.5. The van der Waals surface area contributed by atoms with Gasteiger partial charge in [-0.05, 0) is 67.6 Å². The van der Waals surface area contributed by atoms with Crippen molar-refractivity contribution < 1.29 is 27.4 Å². The number of hydrogen-bond donors (Lipinski definition) is 2. The molecule has 1 heterocycles. The Balaban J connectivity index is 1.37. The highest BCUT2D eigenvalue weighted by molar-refractivity contribution is 7.92. The number of sulfonamides is 1. The molecule has 0 aromatic heterocycles. The Morgan fingerprint density at radius 1 is 0.971 bits per heavy atom. The third kappa shape index (κ3) is 6.02. The third-order valence-corrected chi connectivity index (χ3v) is 6.48. The van der Waals surface area contributed by atoms with E-state index in [4.69, 9.17) is 19.5 Å². The summed E-state index contributed by atoms with van der Waals surface area (Å²) in [6.07, 6.45) is -0.0707. The second-order valence-corrected chi connectivity index (χ2v) is 9.41. The normalized spacial score (nSPS) is 13.6. The van der Waals surface area contributed by atoms with Gasteiger partial charge in [-0.25, -0.2) is 8.42 Å². The molecule has 0 bridgehead atoms. The van der Waals surface area contributed by atoms with Gasteiger partial charge in [-0.3, -0.25) is 9.52 Å². The van der Waals surface area contributed by atoms with Gasteiger partial charge in [0.15, 0.2) is 17.6 Å². The lowest BCUT2D eigenvalue weighted by Gasteiger charge is -2.15. The molecule has 2 N–H and O–H groups in total. The number of anilines is 2. The van der Waals surface area contributed by atoms with E-state index in [2.05, 4.69) is 10.0 Å². The van der Waals surface area contributed by atoms with Crippen molar-refractivity contribution >= 4 is 27.3 Å². The van der Waals surface area contributed by atoms with E-state index in [0.29, 0.717) is 47.4 Å². The van der Waals surface area contributed by atoms with Gasteiger partial charge < -0.3 is 19.5 Å². The van der Waals surface area contributed by atoms with Crippen molar-refractivity contribution in [2.45, 2.75) is 24.3 Å². The average molecular weight is 494 g/mol. The van der Waals surface area contributed by atoms with E-state index in [1.807, 2.05) is 6.07 Å². The fraction of sp³-hybridized carbons (Fsp3) is 0.200. The number of carbonyl (C=O) groups excluding carboxylic acids is 1. The Hall–Kier alpha value is -4.23. The molecule has 35 heavy (non-hydrogen) atoms. The van der Waals surface area contributed by atoms with E-state index >= 15 is 0 Å². The monoisotopic (exact) mass is 493 g/mol. The van der Waals surface area contributed by atoms with Crippen molar-refractivity contribution in [1.29, 1.82) is 5.26 Å². The first-order valence-electron chi connectivity index (χ1n) is 10.8. The Kier molecular flexibility index (Phi) is 7.08. The molecule has 1 aliphatic heterocycles. The number of amides is 1. The highest BCUT2D eigenvalue weighted by Crippen LogP contribution is 2.32. The largest absolute Gasteiger partial charge is 0.490 e. The van der Waals surface area contributed by atoms with Crippen LogP contribution in [0, 0.1) is 11.3 Å². The molecule has 0 fully saturated rings. The first kappa shape index (κ1) is 23.9. The fourth-order valence-corrected chi connectivity index (χ4v) is 4.33. The maximum absolute atomic E-state index is 12.8. The second kappa shape index (κ2) is 10.4. The van der Waals surface area contributed by atoms with E-state index in [1.54, 1.807) is 61.5 Å². The molecular formula is C25H23N3O6S. The Labute approximate surface area is 203 Å². The van der Waals surface area contributed by atoms with Crippen LogP contribution in [-0.4, -0.2) is 33.6 Å². The van der Waals surface area contributed by atoms with Crippen LogP contribution < -0.4 is 24.2 Å². The van der Waals surface area contributed by atoms with Gasteiger partial charge in [0.1, 0.15) is 5.75 Å². The van der Waals surface area contributed by atoms with E-state index in [0.717, 1.165) is 6.42 Å². The first-order chi connectivity index (χ1) is 16.8. The van der Waals surface area contributed by atoms with Crippen LogP contribution >= 0.6 is 0 Å². The van der Waals surface area contributed by atoms with Crippen LogP contribution in [0.5, 0.6) is 17.2 Å². The molecule has 9 nitrogen and oxygen atoms in total. The highest BCUT2D eigenvalue weighted by atomic mass is 32.2. The van der Waals surface area contributed by atoms with Crippen LogP contribution in [0.3, 0.4) is 0 Å². The number of nitriles is 1. The molecule has 4 rings (SSSR count). The van der Waals surface area contributed by atoms with Gasteiger partial charge in [0.2, 0.25) is 0 Å². The Morgan fingerprint density at radius 2 is 1.63 bits per heavy atom. The maximum atomic E-state index is 12.8. The van der Waals surface area contributed by atoms with E-state index in [1.165, 1.54) is 12.1 Å². The van der Waals surface area contributed by atoms with Crippen LogP contribution in [0.15, 0.2) is 71.6 Å². The van der Waals surface area contributed by atoms with Gasteiger partial charge >= 0.3 is 0 Å². The van der Waals surface area contributed by atoms with Gasteiger partial charge in [-0.1, -0.05) is 0 Å². The molecule has 3 aromatic carbocycles. The molecule has 0 radical (unpaired) electrons. The summed E-state index contributed by atoms with van der Waals surface area (Å²) in [6, 6.07) is 19.2. The summed E-state index contributed by atoms with van der Waals surface area (Å²) in [6.45, 7) is 2.57. The van der Waals surface area contributed by atoms with Crippen LogP contribution in [0.2, 0.25) is 0 Å². The summed E-state index contributed by atoms with van der Waals surface area (Å²) in [5.41, 5.74) is 1.30. The molecule has 180 valence electrons. The molecule has 1 atom stereocenters. The fourth-order valence-electron chi connectivity index (χ4n) is 3.26. The second-order valence-electron chi connectivity index (χ2n) is 7.73. The molecule has 1 amide bonds. The van der Waals surface area contributed by atoms with Crippen molar-refractivity contribution in [2.24, 2.45) is 0 Å². The van der Waals surface area contributed by atoms with Crippen molar-refractivity contribution in [1.82, 2.24) is 0 Å². The lowest BCUT2D eigenvalue weighted by atomic mass is 10.2. The van der Waals surface area contributed by atoms with Crippen molar-refractivity contribution in [3.63, 3.8) is 0 Å². The molecule has 0 aliphatic carbocycles. The van der Waals surface area contributed by atoms with Crippen molar-refractivity contribution in [3.05, 3.63) is 72.3 Å². The predicted molar refractivity (Wildman–Crippen MR) is 129 cm³/mol. The average Bonchev–Trinajstić information content (AvgIpc) is 3.10. The number of nitrogens with one attached hydrogen (secondary N) is 2. The molecule has 10 heteroatoms. The minimum Gasteiger partial charge on any atom is -0.490 e. The first-order valence-corrected chi connectivity index (χ1v) is 12.3. The minimum atomic E-state index is -3.86. The smallest absolute Gasteiger partial charge is 0.265 e. The molecule has 0 spiro atoms. The molecule has 3 aromatic rings. The molecule has 0 saturated carbocycles. The van der Waals surface area contributed by atoms with Gasteiger partial charge in [0.25, 0.3) is 15.9 Å². The van der Waals surface area contributed by atoms with Crippen LogP contribution in [0.1, 0.15) is 18.9 Å². The van der Waals surface area contributed by atoms with Crippen LogP contribution in [0.25, 0.3) is 0 Å². The van der Waals surface area contributed by atoms with Crippen LogP contribution in [0.4, 0.5) is 11.4 Å². The van der Waals surface area contributed by atoms with Gasteiger partial charge in [-0.2, -0.15) is 5.26 Å². The number of benzene rings is 3. The van der Waals surface area contributed by atoms with Gasteiger partial charge in [0, 0.05) is 23.9 Å².